The van der Waals surface area contributed by atoms with Gasteiger partial charge in [0, 0.05) is 6.42 Å². The van der Waals surface area contributed by atoms with Gasteiger partial charge in [0.15, 0.2) is 5.67 Å². The van der Waals surface area contributed by atoms with E-state index in [9.17, 15) is 12.8 Å². The maximum absolute atomic E-state index is 14.6. The fraction of sp³-hybridized carbons (Fsp3) is 0.571. The van der Waals surface area contributed by atoms with E-state index in [-0.39, 0.29) is 17.4 Å². The number of hydrogen-bond acceptors (Lipinski definition) is 4. The van der Waals surface area contributed by atoms with E-state index in [0.717, 1.165) is 12.0 Å². The zero-order chi connectivity index (χ0) is 14.4. The Morgan fingerprint density at radius 2 is 2.05 bits per heavy atom. The summed E-state index contributed by atoms with van der Waals surface area (Å²) in [7, 11) is -3.92. The van der Waals surface area contributed by atoms with Crippen LogP contribution in [0.2, 0.25) is 0 Å². The number of alkyl halides is 1. The first-order valence-electron chi connectivity index (χ1n) is 6.70. The highest BCUT2D eigenvalue weighted by molar-refractivity contribution is 7.86. The number of halogens is 1. The zero-order valence-electron chi connectivity index (χ0n) is 11.2. The van der Waals surface area contributed by atoms with Crippen molar-refractivity contribution in [2.45, 2.75) is 49.0 Å². The fourth-order valence-electron chi connectivity index (χ4n) is 2.85. The average molecular weight is 300 g/mol. The van der Waals surface area contributed by atoms with E-state index >= 15 is 0 Å². The molecule has 3 rings (SSSR count). The van der Waals surface area contributed by atoms with Crippen LogP contribution in [0.5, 0.6) is 0 Å². The number of hydrogen-bond donors (Lipinski definition) is 0. The Bertz CT molecular complexity index is 598. The van der Waals surface area contributed by atoms with Crippen molar-refractivity contribution in [3.05, 3.63) is 29.8 Å². The number of ether oxygens (including phenoxy) is 1. The number of aryl methyl sites for hydroxylation is 1. The van der Waals surface area contributed by atoms with E-state index in [2.05, 4.69) is 0 Å². The Labute approximate surface area is 118 Å². The molecule has 6 heteroatoms. The summed E-state index contributed by atoms with van der Waals surface area (Å²) >= 11 is 0. The molecule has 1 aromatic rings. The van der Waals surface area contributed by atoms with Gasteiger partial charge >= 0.3 is 0 Å². The minimum absolute atomic E-state index is 0.0516. The number of fused-ring (bicyclic) bond motifs is 2. The molecular weight excluding hydrogens is 283 g/mol. The Morgan fingerprint density at radius 1 is 1.35 bits per heavy atom. The van der Waals surface area contributed by atoms with Crippen molar-refractivity contribution >= 4 is 10.1 Å². The molecule has 2 bridgehead atoms. The van der Waals surface area contributed by atoms with Gasteiger partial charge in [0.25, 0.3) is 10.1 Å². The summed E-state index contributed by atoms with van der Waals surface area (Å²) in [5, 5.41) is 0. The smallest absolute Gasteiger partial charge is 0.297 e. The van der Waals surface area contributed by atoms with Gasteiger partial charge in [-0.25, -0.2) is 4.39 Å². The van der Waals surface area contributed by atoms with Crippen LogP contribution in [0.15, 0.2) is 29.2 Å². The topological polar surface area (TPSA) is 52.6 Å². The molecule has 110 valence electrons. The first-order chi connectivity index (χ1) is 9.39. The normalized spacial score (nSPS) is 32.7. The van der Waals surface area contributed by atoms with Gasteiger partial charge in [-0.1, -0.05) is 17.7 Å². The Kier molecular flexibility index (Phi) is 3.35. The molecule has 2 aliphatic rings. The van der Waals surface area contributed by atoms with Crippen LogP contribution >= 0.6 is 0 Å². The highest BCUT2D eigenvalue weighted by atomic mass is 32.2. The second-order valence-corrected chi connectivity index (χ2v) is 7.21. The van der Waals surface area contributed by atoms with E-state index in [1.807, 2.05) is 6.92 Å². The third-order valence-corrected chi connectivity index (χ3v) is 5.29. The molecule has 2 aliphatic heterocycles. The second-order valence-electron chi connectivity index (χ2n) is 5.59. The van der Waals surface area contributed by atoms with Crippen molar-refractivity contribution in [1.29, 1.82) is 0 Å². The molecule has 0 unspecified atom stereocenters. The summed E-state index contributed by atoms with van der Waals surface area (Å²) in [4.78, 5) is 0.0516. The van der Waals surface area contributed by atoms with E-state index < -0.39 is 28.5 Å². The standard InChI is InChI=1S/C14H17FO4S/c1-10-2-5-12(6-3-10)20(16,17)18-9-14(15)8-11-4-7-13(14)19-11/h2-3,5-6,11,13H,4,7-9H2,1H3/t11-,13+,14-/m0/s1. The molecule has 0 amide bonds. The average Bonchev–Trinajstić information content (AvgIpc) is 2.98. The van der Waals surface area contributed by atoms with Crippen molar-refractivity contribution < 1.29 is 21.7 Å². The van der Waals surface area contributed by atoms with Gasteiger partial charge in [0.1, 0.15) is 6.61 Å². The molecule has 3 atom stereocenters. The molecule has 0 radical (unpaired) electrons. The minimum atomic E-state index is -3.92. The van der Waals surface area contributed by atoms with E-state index in [1.165, 1.54) is 12.1 Å². The lowest BCUT2D eigenvalue weighted by molar-refractivity contribution is 0.00721. The molecule has 0 spiro atoms. The summed E-state index contributed by atoms with van der Waals surface area (Å²) in [5.41, 5.74) is -0.729. The van der Waals surface area contributed by atoms with Crippen LogP contribution in [-0.4, -0.2) is 32.9 Å². The van der Waals surface area contributed by atoms with Crippen LogP contribution in [-0.2, 0) is 19.0 Å². The van der Waals surface area contributed by atoms with Crippen molar-refractivity contribution in [3.8, 4) is 0 Å². The van der Waals surface area contributed by atoms with Crippen molar-refractivity contribution in [2.75, 3.05) is 6.61 Å². The molecule has 2 fully saturated rings. The van der Waals surface area contributed by atoms with E-state index in [4.69, 9.17) is 8.92 Å². The largest absolute Gasteiger partial charge is 0.371 e. The maximum atomic E-state index is 14.6. The summed E-state index contributed by atoms with van der Waals surface area (Å²) in [6.45, 7) is 1.39. The summed E-state index contributed by atoms with van der Waals surface area (Å²) in [5.74, 6) is 0. The van der Waals surface area contributed by atoms with Crippen LogP contribution in [0, 0.1) is 6.92 Å². The lowest BCUT2D eigenvalue weighted by Gasteiger charge is -2.26. The van der Waals surface area contributed by atoms with Crippen molar-refractivity contribution in [3.63, 3.8) is 0 Å². The van der Waals surface area contributed by atoms with Crippen molar-refractivity contribution in [1.82, 2.24) is 0 Å². The van der Waals surface area contributed by atoms with Crippen LogP contribution in [0.1, 0.15) is 24.8 Å². The minimum Gasteiger partial charge on any atom is -0.371 e. The van der Waals surface area contributed by atoms with E-state index in [0.29, 0.717) is 6.42 Å². The monoisotopic (exact) mass is 300 g/mol. The molecule has 0 saturated carbocycles. The van der Waals surface area contributed by atoms with Crippen LogP contribution in [0.25, 0.3) is 0 Å². The lowest BCUT2D eigenvalue weighted by Crippen LogP contribution is -2.40. The van der Waals surface area contributed by atoms with Crippen LogP contribution < -0.4 is 0 Å². The van der Waals surface area contributed by atoms with Crippen LogP contribution in [0.3, 0.4) is 0 Å². The first-order valence-corrected chi connectivity index (χ1v) is 8.10. The van der Waals surface area contributed by atoms with E-state index in [1.54, 1.807) is 12.1 Å². The third kappa shape index (κ3) is 2.47. The summed E-state index contributed by atoms with van der Waals surface area (Å²) in [6, 6.07) is 6.30. The fourth-order valence-corrected chi connectivity index (χ4v) is 3.80. The lowest BCUT2D eigenvalue weighted by atomic mass is 9.87. The predicted octanol–water partition coefficient (Wildman–Crippen LogP) is 2.36. The number of rotatable bonds is 4. The van der Waals surface area contributed by atoms with Gasteiger partial charge in [-0.3, -0.25) is 4.18 Å². The second kappa shape index (κ2) is 4.79. The summed E-state index contributed by atoms with van der Waals surface area (Å²) < 4.78 is 49.0. The van der Waals surface area contributed by atoms with Gasteiger partial charge in [0.05, 0.1) is 17.1 Å². The van der Waals surface area contributed by atoms with Gasteiger partial charge in [-0.2, -0.15) is 8.42 Å². The highest BCUT2D eigenvalue weighted by Crippen LogP contribution is 2.44. The number of benzene rings is 1. The van der Waals surface area contributed by atoms with Gasteiger partial charge in [0.2, 0.25) is 0 Å². The predicted molar refractivity (Wildman–Crippen MR) is 70.7 cm³/mol. The van der Waals surface area contributed by atoms with Gasteiger partial charge in [-0.05, 0) is 31.9 Å². The highest BCUT2D eigenvalue weighted by Gasteiger charge is 2.54. The van der Waals surface area contributed by atoms with Gasteiger partial charge < -0.3 is 4.74 Å². The van der Waals surface area contributed by atoms with Crippen molar-refractivity contribution in [2.24, 2.45) is 0 Å². The molecular formula is C14H17FO4S. The zero-order valence-corrected chi connectivity index (χ0v) is 12.0. The molecule has 2 saturated heterocycles. The quantitative estimate of drug-likeness (QED) is 0.801. The van der Waals surface area contributed by atoms with Gasteiger partial charge in [-0.15, -0.1) is 0 Å². The Hall–Kier alpha value is -0.980. The van der Waals surface area contributed by atoms with Crippen LogP contribution in [0.4, 0.5) is 4.39 Å². The first kappa shape index (κ1) is 14.0. The molecule has 0 aliphatic carbocycles. The molecule has 2 heterocycles. The third-order valence-electron chi connectivity index (χ3n) is 4.02. The summed E-state index contributed by atoms with van der Waals surface area (Å²) in [6.07, 6.45) is 1.09. The Balaban J connectivity index is 1.70. The molecule has 0 N–H and O–H groups in total. The molecule has 0 aromatic heterocycles. The SMILES string of the molecule is Cc1ccc(S(=O)(=O)OC[C@@]2(F)C[C@@H]3CC[C@H]2O3)cc1. The maximum Gasteiger partial charge on any atom is 0.297 e. The molecule has 20 heavy (non-hydrogen) atoms. The molecule has 4 nitrogen and oxygen atoms in total. The molecule has 1 aromatic carbocycles. The Morgan fingerprint density at radius 3 is 2.60 bits per heavy atom.